The van der Waals surface area contributed by atoms with E-state index in [9.17, 15) is 5.11 Å². The molecule has 2 rings (SSSR count). The van der Waals surface area contributed by atoms with Gasteiger partial charge in [0, 0.05) is 12.6 Å². The maximum Gasteiger partial charge on any atom is 0.188 e. The molecule has 0 bridgehead atoms. The molecule has 0 spiro atoms. The number of nitrogens with two attached hydrogens (primary N) is 1. The monoisotopic (exact) mass is 354 g/mol. The molecule has 1 aliphatic heterocycles. The molecule has 1 fully saturated rings. The Kier molecular flexibility index (Phi) is 5.87. The molecule has 1 aromatic carbocycles. The third-order valence-electron chi connectivity index (χ3n) is 3.87. The van der Waals surface area contributed by atoms with Crippen molar-refractivity contribution in [1.29, 1.82) is 0 Å². The second-order valence-electron chi connectivity index (χ2n) is 5.29. The Balaban J connectivity index is 1.82. The summed E-state index contributed by atoms with van der Waals surface area (Å²) < 4.78 is 0.672. The van der Waals surface area contributed by atoms with Crippen molar-refractivity contribution in [3.05, 3.63) is 28.2 Å². The minimum atomic E-state index is 0.231. The summed E-state index contributed by atoms with van der Waals surface area (Å²) in [5.74, 6) is 0.705. The van der Waals surface area contributed by atoms with Gasteiger partial charge in [0.1, 0.15) is 5.75 Å². The lowest BCUT2D eigenvalue weighted by Gasteiger charge is -2.23. The Labute approximate surface area is 134 Å². The second-order valence-corrected chi connectivity index (χ2v) is 6.15. The maximum atomic E-state index is 9.45. The summed E-state index contributed by atoms with van der Waals surface area (Å²) in [5.41, 5.74) is 6.91. The molecule has 0 aromatic heterocycles. The Morgan fingerprint density at radius 3 is 3.10 bits per heavy atom. The fourth-order valence-electron chi connectivity index (χ4n) is 2.65. The summed E-state index contributed by atoms with van der Waals surface area (Å²) in [4.78, 5) is 6.81. The number of nitrogens with zero attached hydrogens (tertiary/aromatic N) is 2. The molecule has 1 atom stereocenters. The van der Waals surface area contributed by atoms with Crippen LogP contribution >= 0.6 is 15.9 Å². The molecule has 0 radical (unpaired) electrons. The van der Waals surface area contributed by atoms with Crippen molar-refractivity contribution < 1.29 is 5.11 Å². The predicted octanol–water partition coefficient (Wildman–Crippen LogP) is 2.04. The van der Waals surface area contributed by atoms with Crippen LogP contribution in [-0.2, 0) is 6.54 Å². The zero-order valence-electron chi connectivity index (χ0n) is 12.3. The standard InChI is InChI=1S/C15H23BrN4O/c1-2-20-7-3-4-12(20)10-19-15(17)18-9-11-5-6-14(21)13(16)8-11/h5-6,8,12,21H,2-4,7,9-10H2,1H3,(H3,17,18,19). The molecule has 1 unspecified atom stereocenters. The van der Waals surface area contributed by atoms with Crippen LogP contribution in [-0.4, -0.2) is 41.6 Å². The van der Waals surface area contributed by atoms with E-state index >= 15 is 0 Å². The Morgan fingerprint density at radius 2 is 2.38 bits per heavy atom. The first kappa shape index (κ1) is 16.1. The van der Waals surface area contributed by atoms with E-state index in [0.29, 0.717) is 23.0 Å². The lowest BCUT2D eigenvalue weighted by molar-refractivity contribution is 0.267. The molecule has 1 aromatic rings. The van der Waals surface area contributed by atoms with Crippen molar-refractivity contribution >= 4 is 21.9 Å². The summed E-state index contributed by atoms with van der Waals surface area (Å²) >= 11 is 3.29. The Bertz CT molecular complexity index is 506. The minimum absolute atomic E-state index is 0.231. The highest BCUT2D eigenvalue weighted by Gasteiger charge is 2.22. The second kappa shape index (κ2) is 7.66. The van der Waals surface area contributed by atoms with Crippen LogP contribution in [0, 0.1) is 0 Å². The van der Waals surface area contributed by atoms with Crippen molar-refractivity contribution in [3.8, 4) is 5.75 Å². The van der Waals surface area contributed by atoms with Crippen LogP contribution in [0.1, 0.15) is 25.3 Å². The van der Waals surface area contributed by atoms with Gasteiger partial charge in [-0.3, -0.25) is 4.90 Å². The number of guanidine groups is 1. The van der Waals surface area contributed by atoms with Gasteiger partial charge >= 0.3 is 0 Å². The number of rotatable bonds is 5. The van der Waals surface area contributed by atoms with Crippen molar-refractivity contribution in [2.45, 2.75) is 32.4 Å². The van der Waals surface area contributed by atoms with Crippen LogP contribution in [0.15, 0.2) is 27.7 Å². The van der Waals surface area contributed by atoms with Crippen LogP contribution in [0.5, 0.6) is 5.75 Å². The molecule has 0 aliphatic carbocycles. The number of likely N-dealkylation sites (tertiary alicyclic amines) is 1. The minimum Gasteiger partial charge on any atom is -0.507 e. The molecule has 1 saturated heterocycles. The van der Waals surface area contributed by atoms with Crippen molar-refractivity contribution in [3.63, 3.8) is 0 Å². The third kappa shape index (κ3) is 4.61. The summed E-state index contributed by atoms with van der Waals surface area (Å²) in [5, 5.41) is 12.7. The van der Waals surface area contributed by atoms with Gasteiger partial charge in [-0.15, -0.1) is 0 Å². The van der Waals surface area contributed by atoms with E-state index in [4.69, 9.17) is 5.73 Å². The van der Waals surface area contributed by atoms with E-state index in [1.807, 2.05) is 12.1 Å². The first-order chi connectivity index (χ1) is 10.1. The molecule has 0 amide bonds. The van der Waals surface area contributed by atoms with Gasteiger partial charge in [-0.05, 0) is 59.6 Å². The van der Waals surface area contributed by atoms with Crippen LogP contribution in [0.2, 0.25) is 0 Å². The molecule has 4 N–H and O–H groups in total. The number of aliphatic imine (C=N–C) groups is 1. The summed E-state index contributed by atoms with van der Waals surface area (Å²) in [7, 11) is 0. The van der Waals surface area contributed by atoms with Crippen LogP contribution in [0.25, 0.3) is 0 Å². The average Bonchev–Trinajstić information content (AvgIpc) is 2.94. The fourth-order valence-corrected chi connectivity index (χ4v) is 3.07. The van der Waals surface area contributed by atoms with Gasteiger partial charge in [0.25, 0.3) is 0 Å². The molecule has 21 heavy (non-hydrogen) atoms. The lowest BCUT2D eigenvalue weighted by atomic mass is 10.2. The van der Waals surface area contributed by atoms with Gasteiger partial charge in [-0.25, -0.2) is 4.99 Å². The van der Waals surface area contributed by atoms with Gasteiger partial charge < -0.3 is 16.2 Å². The maximum absolute atomic E-state index is 9.45. The summed E-state index contributed by atoms with van der Waals surface area (Å²) in [6, 6.07) is 5.90. The highest BCUT2D eigenvalue weighted by Crippen LogP contribution is 2.24. The Hall–Kier alpha value is -1.27. The van der Waals surface area contributed by atoms with Crippen molar-refractivity contribution in [2.24, 2.45) is 10.7 Å². The topological polar surface area (TPSA) is 73.9 Å². The molecular formula is C15H23BrN4O. The molecule has 0 saturated carbocycles. The normalized spacial score (nSPS) is 19.9. The van der Waals surface area contributed by atoms with Gasteiger partial charge in [-0.1, -0.05) is 13.0 Å². The predicted molar refractivity (Wildman–Crippen MR) is 89.4 cm³/mol. The number of aromatic hydroxyl groups is 1. The SMILES string of the molecule is CCN1CCCC1CNC(N)=NCc1ccc(O)c(Br)c1. The van der Waals surface area contributed by atoms with Gasteiger partial charge in [0.2, 0.25) is 0 Å². The third-order valence-corrected chi connectivity index (χ3v) is 4.50. The summed E-state index contributed by atoms with van der Waals surface area (Å²) in [6.07, 6.45) is 2.48. The number of phenolic OH excluding ortho intramolecular Hbond substituents is 1. The van der Waals surface area contributed by atoms with Gasteiger partial charge in [0.05, 0.1) is 11.0 Å². The van der Waals surface area contributed by atoms with Crippen molar-refractivity contribution in [1.82, 2.24) is 10.2 Å². The van der Waals surface area contributed by atoms with Gasteiger partial charge in [-0.2, -0.15) is 0 Å². The number of phenols is 1. The number of likely N-dealkylation sites (N-methyl/N-ethyl adjacent to an activating group) is 1. The molecule has 1 aliphatic rings. The highest BCUT2D eigenvalue weighted by molar-refractivity contribution is 9.10. The lowest BCUT2D eigenvalue weighted by Crippen LogP contribution is -2.42. The zero-order valence-corrected chi connectivity index (χ0v) is 13.9. The van der Waals surface area contributed by atoms with Crippen molar-refractivity contribution in [2.75, 3.05) is 19.6 Å². The van der Waals surface area contributed by atoms with E-state index in [2.05, 4.69) is 38.1 Å². The van der Waals surface area contributed by atoms with Gasteiger partial charge in [0.15, 0.2) is 5.96 Å². The van der Waals surface area contributed by atoms with Crippen LogP contribution in [0.3, 0.4) is 0 Å². The van der Waals surface area contributed by atoms with E-state index in [0.717, 1.165) is 18.7 Å². The number of halogens is 1. The first-order valence-electron chi connectivity index (χ1n) is 7.35. The van der Waals surface area contributed by atoms with Crippen LogP contribution < -0.4 is 11.1 Å². The summed E-state index contributed by atoms with van der Waals surface area (Å²) in [6.45, 7) is 5.81. The zero-order chi connectivity index (χ0) is 15.2. The number of benzene rings is 1. The number of hydrogen-bond acceptors (Lipinski definition) is 3. The fraction of sp³-hybridized carbons (Fsp3) is 0.533. The quantitative estimate of drug-likeness (QED) is 0.558. The first-order valence-corrected chi connectivity index (χ1v) is 8.14. The van der Waals surface area contributed by atoms with E-state index in [-0.39, 0.29) is 5.75 Å². The molecule has 1 heterocycles. The molecule has 5 nitrogen and oxygen atoms in total. The number of hydrogen-bond donors (Lipinski definition) is 3. The molecule has 116 valence electrons. The van der Waals surface area contributed by atoms with E-state index in [1.165, 1.54) is 19.4 Å². The van der Waals surface area contributed by atoms with E-state index < -0.39 is 0 Å². The molecule has 6 heteroatoms. The number of nitrogens with one attached hydrogen (secondary N) is 1. The van der Waals surface area contributed by atoms with Crippen LogP contribution in [0.4, 0.5) is 0 Å². The van der Waals surface area contributed by atoms with E-state index in [1.54, 1.807) is 6.07 Å². The smallest absolute Gasteiger partial charge is 0.188 e. The largest absolute Gasteiger partial charge is 0.507 e. The Morgan fingerprint density at radius 1 is 1.57 bits per heavy atom. The highest BCUT2D eigenvalue weighted by atomic mass is 79.9. The average molecular weight is 355 g/mol. The molecular weight excluding hydrogens is 332 g/mol.